The van der Waals surface area contributed by atoms with E-state index in [-0.39, 0.29) is 0 Å². The molecule has 1 rings (SSSR count). The maximum absolute atomic E-state index is 3.82. The van der Waals surface area contributed by atoms with Crippen LogP contribution < -0.4 is 0 Å². The van der Waals surface area contributed by atoms with Gasteiger partial charge in [0.25, 0.3) is 0 Å². The van der Waals surface area contributed by atoms with Crippen LogP contribution in [-0.2, 0) is 0 Å². The van der Waals surface area contributed by atoms with Crippen LogP contribution >= 0.6 is 15.9 Å². The van der Waals surface area contributed by atoms with Crippen molar-refractivity contribution >= 4 is 26.5 Å². The molecule has 82 valence electrons. The molecule has 0 aromatic heterocycles. The average Bonchev–Trinajstić information content (AvgIpc) is 2.30. The first kappa shape index (κ1) is 14.2. The van der Waals surface area contributed by atoms with Gasteiger partial charge in [-0.05, 0) is 30.5 Å². The van der Waals surface area contributed by atoms with Gasteiger partial charge in [-0.1, -0.05) is 66.7 Å². The lowest BCUT2D eigenvalue weighted by Gasteiger charge is -2.07. The highest BCUT2D eigenvalue weighted by atomic mass is 79.9. The molecule has 1 aromatic rings. The fourth-order valence-corrected chi connectivity index (χ4v) is 1.66. The van der Waals surface area contributed by atoms with E-state index in [1.807, 2.05) is 32.9 Å². The minimum absolute atomic E-state index is 1.12. The van der Waals surface area contributed by atoms with Crippen LogP contribution in [0.1, 0.15) is 37.5 Å². The summed E-state index contributed by atoms with van der Waals surface area (Å²) in [6.07, 6.45) is 3.94. The fraction of sp³-hybridized carbons (Fsp3) is 0.286. The van der Waals surface area contributed by atoms with Crippen LogP contribution in [0.4, 0.5) is 0 Å². The summed E-state index contributed by atoms with van der Waals surface area (Å²) in [7, 11) is 0. The Bertz CT molecular complexity index is 348. The molecule has 0 saturated heterocycles. The van der Waals surface area contributed by atoms with Crippen molar-refractivity contribution in [1.82, 2.24) is 0 Å². The molecular weight excluding hydrogens is 248 g/mol. The summed E-state index contributed by atoms with van der Waals surface area (Å²) in [6.45, 7) is 11.9. The number of rotatable bonds is 2. The van der Waals surface area contributed by atoms with Crippen molar-refractivity contribution in [3.05, 3.63) is 47.5 Å². The lowest BCUT2D eigenvalue weighted by Crippen LogP contribution is -1.87. The summed E-state index contributed by atoms with van der Waals surface area (Å²) < 4.78 is 1.12. The molecular formula is C14H19Br. The molecule has 0 nitrogen and oxygen atoms in total. The quantitative estimate of drug-likeness (QED) is 0.671. The largest absolute Gasteiger partial charge is 0.0984 e. The molecule has 0 aliphatic carbocycles. The first-order valence-electron chi connectivity index (χ1n) is 5.25. The topological polar surface area (TPSA) is 0 Å². The third-order valence-electron chi connectivity index (χ3n) is 2.04. The standard InChI is InChI=1S/C12H13Br.C2H6/c1-4-10-9(3)7-6-8-11(10)12(13)5-2;1-2/h4-8H,1H2,2-3H3;1-2H3/b12-5+;. The zero-order valence-electron chi connectivity index (χ0n) is 9.97. The maximum atomic E-state index is 3.82. The summed E-state index contributed by atoms with van der Waals surface area (Å²) in [4.78, 5) is 0. The van der Waals surface area contributed by atoms with Gasteiger partial charge in [0.1, 0.15) is 0 Å². The zero-order chi connectivity index (χ0) is 11.8. The van der Waals surface area contributed by atoms with E-state index < -0.39 is 0 Å². The fourth-order valence-electron chi connectivity index (χ4n) is 1.32. The van der Waals surface area contributed by atoms with E-state index in [4.69, 9.17) is 0 Å². The zero-order valence-corrected chi connectivity index (χ0v) is 11.6. The summed E-state index contributed by atoms with van der Waals surface area (Å²) in [6, 6.07) is 6.24. The second-order valence-electron chi connectivity index (χ2n) is 2.88. The number of allylic oxidation sites excluding steroid dienone is 1. The predicted molar refractivity (Wildman–Crippen MR) is 75.2 cm³/mol. The molecule has 1 aromatic carbocycles. The SMILES string of the molecule is C=Cc1c(C)cccc1/C(Br)=C\C.CC. The van der Waals surface area contributed by atoms with Gasteiger partial charge < -0.3 is 0 Å². The Balaban J connectivity index is 0.000000921. The molecule has 15 heavy (non-hydrogen) atoms. The van der Waals surface area contributed by atoms with Crippen molar-refractivity contribution in [2.75, 3.05) is 0 Å². The van der Waals surface area contributed by atoms with Crippen LogP contribution in [0.2, 0.25) is 0 Å². The number of halogens is 1. The monoisotopic (exact) mass is 266 g/mol. The Kier molecular flexibility index (Phi) is 7.06. The van der Waals surface area contributed by atoms with E-state index in [1.54, 1.807) is 0 Å². The van der Waals surface area contributed by atoms with E-state index in [9.17, 15) is 0 Å². The second kappa shape index (κ2) is 7.47. The number of benzene rings is 1. The Morgan fingerprint density at radius 3 is 2.40 bits per heavy atom. The molecule has 0 atom stereocenters. The van der Waals surface area contributed by atoms with Crippen molar-refractivity contribution in [2.24, 2.45) is 0 Å². The van der Waals surface area contributed by atoms with Gasteiger partial charge in [0.2, 0.25) is 0 Å². The predicted octanol–water partition coefficient (Wildman–Crippen LogP) is 5.42. The summed E-state index contributed by atoms with van der Waals surface area (Å²) >= 11 is 3.52. The second-order valence-corrected chi connectivity index (χ2v) is 3.73. The van der Waals surface area contributed by atoms with Crippen LogP contribution in [0.15, 0.2) is 30.9 Å². The molecule has 0 aliphatic rings. The molecule has 0 spiro atoms. The molecule has 0 radical (unpaired) electrons. The van der Waals surface area contributed by atoms with E-state index >= 15 is 0 Å². The number of hydrogen-bond acceptors (Lipinski definition) is 0. The first-order valence-corrected chi connectivity index (χ1v) is 6.04. The summed E-state index contributed by atoms with van der Waals surface area (Å²) in [5.74, 6) is 0. The highest BCUT2D eigenvalue weighted by Crippen LogP contribution is 2.27. The highest BCUT2D eigenvalue weighted by molar-refractivity contribution is 9.15. The maximum Gasteiger partial charge on any atom is 0.0211 e. The normalized spacial score (nSPS) is 10.3. The van der Waals surface area contributed by atoms with E-state index in [0.29, 0.717) is 0 Å². The number of hydrogen-bond donors (Lipinski definition) is 0. The molecule has 0 amide bonds. The lowest BCUT2D eigenvalue weighted by atomic mass is 10.0. The van der Waals surface area contributed by atoms with E-state index in [0.717, 1.165) is 4.48 Å². The minimum Gasteiger partial charge on any atom is -0.0984 e. The molecule has 0 saturated carbocycles. The third-order valence-corrected chi connectivity index (χ3v) is 2.92. The van der Waals surface area contributed by atoms with E-state index in [1.165, 1.54) is 16.7 Å². The van der Waals surface area contributed by atoms with Crippen molar-refractivity contribution < 1.29 is 0 Å². The van der Waals surface area contributed by atoms with Crippen LogP contribution in [0.5, 0.6) is 0 Å². The molecule has 0 heterocycles. The smallest absolute Gasteiger partial charge is 0.0211 e. The van der Waals surface area contributed by atoms with Crippen molar-refractivity contribution in [3.63, 3.8) is 0 Å². The van der Waals surface area contributed by atoms with Crippen molar-refractivity contribution in [3.8, 4) is 0 Å². The molecule has 0 aliphatic heterocycles. The minimum atomic E-state index is 1.12. The number of aryl methyl sites for hydroxylation is 1. The van der Waals surface area contributed by atoms with Crippen LogP contribution in [-0.4, -0.2) is 0 Å². The van der Waals surface area contributed by atoms with Gasteiger partial charge in [-0.15, -0.1) is 0 Å². The van der Waals surface area contributed by atoms with Gasteiger partial charge in [0.05, 0.1) is 0 Å². The molecule has 0 bridgehead atoms. The summed E-state index contributed by atoms with van der Waals surface area (Å²) in [5, 5.41) is 0. The van der Waals surface area contributed by atoms with Crippen molar-refractivity contribution in [1.29, 1.82) is 0 Å². The third kappa shape index (κ3) is 3.67. The van der Waals surface area contributed by atoms with Gasteiger partial charge >= 0.3 is 0 Å². The molecule has 0 N–H and O–H groups in total. The van der Waals surface area contributed by atoms with Crippen LogP contribution in [0.3, 0.4) is 0 Å². The summed E-state index contributed by atoms with van der Waals surface area (Å²) in [5.41, 5.74) is 3.66. The lowest BCUT2D eigenvalue weighted by molar-refractivity contribution is 1.43. The molecule has 1 heteroatoms. The van der Waals surface area contributed by atoms with E-state index in [2.05, 4.69) is 47.6 Å². The Hall–Kier alpha value is -0.820. The molecule has 0 fully saturated rings. The van der Waals surface area contributed by atoms with Gasteiger partial charge in [-0.25, -0.2) is 0 Å². The highest BCUT2D eigenvalue weighted by Gasteiger charge is 2.03. The Labute approximate surface area is 102 Å². The van der Waals surface area contributed by atoms with Gasteiger partial charge in [-0.2, -0.15) is 0 Å². The Morgan fingerprint density at radius 2 is 1.93 bits per heavy atom. The van der Waals surface area contributed by atoms with Gasteiger partial charge in [-0.3, -0.25) is 0 Å². The van der Waals surface area contributed by atoms with Gasteiger partial charge in [0.15, 0.2) is 0 Å². The molecule has 0 unspecified atom stereocenters. The average molecular weight is 267 g/mol. The van der Waals surface area contributed by atoms with Gasteiger partial charge in [0, 0.05) is 4.48 Å². The first-order chi connectivity index (χ1) is 7.20. The van der Waals surface area contributed by atoms with Crippen LogP contribution in [0, 0.1) is 6.92 Å². The van der Waals surface area contributed by atoms with Crippen molar-refractivity contribution in [2.45, 2.75) is 27.7 Å². The van der Waals surface area contributed by atoms with Crippen LogP contribution in [0.25, 0.3) is 10.6 Å². The Morgan fingerprint density at radius 1 is 1.33 bits per heavy atom.